The highest BCUT2D eigenvalue weighted by atomic mass is 19.4. The molecule has 6 nitrogen and oxygen atoms in total. The minimum atomic E-state index is -4.58. The van der Waals surface area contributed by atoms with Gasteiger partial charge >= 0.3 is 6.18 Å². The number of alkyl halides is 3. The molecule has 1 rings (SSSR count). The van der Waals surface area contributed by atoms with Crippen molar-refractivity contribution in [3.63, 3.8) is 0 Å². The second-order valence-corrected chi connectivity index (χ2v) is 3.75. The number of halogens is 3. The Bertz CT molecular complexity index is 416. The van der Waals surface area contributed by atoms with Crippen molar-refractivity contribution in [1.29, 1.82) is 0 Å². The normalized spacial score (nSPS) is 11.6. The van der Waals surface area contributed by atoms with E-state index in [1.54, 1.807) is 7.11 Å². The molecular weight excluding hydrogens is 279 g/mol. The van der Waals surface area contributed by atoms with Crippen LogP contribution in [-0.2, 0) is 15.7 Å². The minimum absolute atomic E-state index is 0.167. The van der Waals surface area contributed by atoms with Gasteiger partial charge in [-0.2, -0.15) is 18.2 Å². The van der Waals surface area contributed by atoms with Crippen LogP contribution in [0.5, 0.6) is 5.88 Å². The lowest BCUT2D eigenvalue weighted by Gasteiger charge is -2.10. The number of ether oxygens (including phenoxy) is 3. The molecule has 9 heteroatoms. The second kappa shape index (κ2) is 7.85. The fourth-order valence-corrected chi connectivity index (χ4v) is 1.24. The van der Waals surface area contributed by atoms with E-state index in [2.05, 4.69) is 9.97 Å². The van der Waals surface area contributed by atoms with E-state index in [0.717, 1.165) is 0 Å². The van der Waals surface area contributed by atoms with Crippen molar-refractivity contribution in [2.24, 2.45) is 0 Å². The molecule has 0 aliphatic heterocycles. The summed E-state index contributed by atoms with van der Waals surface area (Å²) in [7, 11) is 1.56. The Kier molecular flexibility index (Phi) is 6.46. The van der Waals surface area contributed by atoms with Gasteiger partial charge in [0.05, 0.1) is 19.8 Å². The number of methoxy groups -OCH3 is 1. The van der Waals surface area contributed by atoms with Gasteiger partial charge in [-0.05, 0) is 0 Å². The second-order valence-electron chi connectivity index (χ2n) is 3.75. The first kappa shape index (κ1) is 16.4. The van der Waals surface area contributed by atoms with Crippen LogP contribution < -0.4 is 10.5 Å². The molecule has 0 spiro atoms. The quantitative estimate of drug-likeness (QED) is 0.732. The molecule has 0 aliphatic carbocycles. The first-order valence-electron chi connectivity index (χ1n) is 5.84. The fraction of sp³-hybridized carbons (Fsp3) is 0.636. The Hall–Kier alpha value is -1.61. The van der Waals surface area contributed by atoms with Crippen LogP contribution in [0.1, 0.15) is 12.1 Å². The molecule has 0 saturated carbocycles. The van der Waals surface area contributed by atoms with Gasteiger partial charge in [0.15, 0.2) is 5.69 Å². The molecule has 1 aromatic rings. The van der Waals surface area contributed by atoms with Gasteiger partial charge in [-0.15, -0.1) is 0 Å². The Morgan fingerprint density at radius 1 is 1.15 bits per heavy atom. The third kappa shape index (κ3) is 6.02. The molecule has 0 fully saturated rings. The Balaban J connectivity index is 2.39. The molecule has 2 N–H and O–H groups in total. The van der Waals surface area contributed by atoms with E-state index in [-0.39, 0.29) is 12.5 Å². The van der Waals surface area contributed by atoms with Crippen LogP contribution in [0.3, 0.4) is 0 Å². The van der Waals surface area contributed by atoms with Crippen molar-refractivity contribution in [1.82, 2.24) is 9.97 Å². The van der Waals surface area contributed by atoms with E-state index >= 15 is 0 Å². The van der Waals surface area contributed by atoms with E-state index < -0.39 is 17.8 Å². The maximum absolute atomic E-state index is 12.5. The van der Waals surface area contributed by atoms with Gasteiger partial charge in [0.25, 0.3) is 0 Å². The molecule has 0 aromatic carbocycles. The zero-order valence-corrected chi connectivity index (χ0v) is 10.9. The molecule has 0 bridgehead atoms. The third-order valence-electron chi connectivity index (χ3n) is 2.13. The highest BCUT2D eigenvalue weighted by Gasteiger charge is 2.33. The molecule has 0 amide bonds. The number of hydrogen-bond acceptors (Lipinski definition) is 6. The highest BCUT2D eigenvalue weighted by molar-refractivity contribution is 5.27. The molecule has 0 radical (unpaired) electrons. The van der Waals surface area contributed by atoms with Crippen molar-refractivity contribution < 1.29 is 27.4 Å². The highest BCUT2D eigenvalue weighted by Crippen LogP contribution is 2.29. The fourth-order valence-electron chi connectivity index (χ4n) is 1.24. The van der Waals surface area contributed by atoms with Gasteiger partial charge in [-0.1, -0.05) is 0 Å². The van der Waals surface area contributed by atoms with Crippen LogP contribution >= 0.6 is 0 Å². The summed E-state index contributed by atoms with van der Waals surface area (Å²) in [4.78, 5) is 6.68. The van der Waals surface area contributed by atoms with E-state index in [9.17, 15) is 13.2 Å². The topological polar surface area (TPSA) is 79.5 Å². The molecule has 0 saturated heterocycles. The van der Waals surface area contributed by atoms with Crippen molar-refractivity contribution in [2.45, 2.75) is 12.6 Å². The molecule has 0 aliphatic rings. The van der Waals surface area contributed by atoms with Gasteiger partial charge in [-0.3, -0.25) is 0 Å². The summed E-state index contributed by atoms with van der Waals surface area (Å²) in [6.07, 6.45) is -4.08. The Morgan fingerprint density at radius 2 is 1.90 bits per heavy atom. The smallest absolute Gasteiger partial charge is 0.433 e. The predicted octanol–water partition coefficient (Wildman–Crippen LogP) is 1.51. The number of nitrogens with zero attached hydrogens (tertiary/aromatic N) is 2. The summed E-state index contributed by atoms with van der Waals surface area (Å²) in [5, 5.41) is 0. The van der Waals surface area contributed by atoms with Gasteiger partial charge < -0.3 is 19.9 Å². The van der Waals surface area contributed by atoms with E-state index in [4.69, 9.17) is 19.9 Å². The zero-order valence-electron chi connectivity index (χ0n) is 10.9. The van der Waals surface area contributed by atoms with Gasteiger partial charge in [0, 0.05) is 26.2 Å². The van der Waals surface area contributed by atoms with Crippen LogP contribution in [0, 0.1) is 0 Å². The van der Waals surface area contributed by atoms with Gasteiger partial charge in [0.2, 0.25) is 11.8 Å². The van der Waals surface area contributed by atoms with E-state index in [1.807, 2.05) is 0 Å². The summed E-state index contributed by atoms with van der Waals surface area (Å²) >= 11 is 0. The molecule has 0 atom stereocenters. The standard InChI is InChI=1S/C11H16F3N3O3/c1-18-5-6-19-3-2-4-20-9-7-8(11(12,13)14)16-10(15)17-9/h7H,2-6H2,1H3,(H2,15,16,17). The zero-order chi connectivity index (χ0) is 15.0. The molecule has 20 heavy (non-hydrogen) atoms. The lowest BCUT2D eigenvalue weighted by Crippen LogP contribution is -2.12. The van der Waals surface area contributed by atoms with Crippen molar-refractivity contribution in [2.75, 3.05) is 39.3 Å². The van der Waals surface area contributed by atoms with Gasteiger partial charge in [-0.25, -0.2) is 4.98 Å². The third-order valence-corrected chi connectivity index (χ3v) is 2.13. The average molecular weight is 295 g/mol. The Labute approximate surface area is 114 Å². The number of hydrogen-bond donors (Lipinski definition) is 1. The number of nitrogen functional groups attached to an aromatic ring is 1. The number of anilines is 1. The lowest BCUT2D eigenvalue weighted by molar-refractivity contribution is -0.141. The largest absolute Gasteiger partial charge is 0.477 e. The molecule has 0 unspecified atom stereocenters. The van der Waals surface area contributed by atoms with Gasteiger partial charge in [0.1, 0.15) is 0 Å². The van der Waals surface area contributed by atoms with Crippen LogP contribution in [0.25, 0.3) is 0 Å². The number of nitrogens with two attached hydrogens (primary N) is 1. The van der Waals surface area contributed by atoms with Crippen molar-refractivity contribution in [3.05, 3.63) is 11.8 Å². The summed E-state index contributed by atoms with van der Waals surface area (Å²) in [5.41, 5.74) is 4.07. The SMILES string of the molecule is COCCOCCCOc1cc(C(F)(F)F)nc(N)n1. The molecule has 114 valence electrons. The monoisotopic (exact) mass is 295 g/mol. The van der Waals surface area contributed by atoms with E-state index in [1.165, 1.54) is 0 Å². The maximum Gasteiger partial charge on any atom is 0.433 e. The van der Waals surface area contributed by atoms with Crippen LogP contribution in [0.2, 0.25) is 0 Å². The summed E-state index contributed by atoms with van der Waals surface area (Å²) < 4.78 is 52.5. The summed E-state index contributed by atoms with van der Waals surface area (Å²) in [5.74, 6) is -0.687. The van der Waals surface area contributed by atoms with Crippen LogP contribution in [0.15, 0.2) is 6.07 Å². The minimum Gasteiger partial charge on any atom is -0.477 e. The average Bonchev–Trinajstić information content (AvgIpc) is 2.36. The van der Waals surface area contributed by atoms with E-state index in [0.29, 0.717) is 32.3 Å². The number of rotatable bonds is 8. The van der Waals surface area contributed by atoms with Crippen LogP contribution in [0.4, 0.5) is 19.1 Å². The summed E-state index contributed by atoms with van der Waals surface area (Å²) in [6.45, 7) is 1.52. The van der Waals surface area contributed by atoms with Crippen molar-refractivity contribution in [3.8, 4) is 5.88 Å². The molecular formula is C11H16F3N3O3. The predicted molar refractivity (Wildman–Crippen MR) is 64.3 cm³/mol. The maximum atomic E-state index is 12.5. The molecule has 1 heterocycles. The number of aromatic nitrogens is 2. The lowest BCUT2D eigenvalue weighted by atomic mass is 10.4. The Morgan fingerprint density at radius 3 is 2.55 bits per heavy atom. The first-order valence-corrected chi connectivity index (χ1v) is 5.84. The summed E-state index contributed by atoms with van der Waals surface area (Å²) in [6, 6.07) is 0.710. The first-order chi connectivity index (χ1) is 9.43. The molecule has 1 aromatic heterocycles. The van der Waals surface area contributed by atoms with Crippen molar-refractivity contribution >= 4 is 5.95 Å². The van der Waals surface area contributed by atoms with Crippen LogP contribution in [-0.4, -0.2) is 43.5 Å².